The number of hydrogen-bond acceptors (Lipinski definition) is 6. The van der Waals surface area contributed by atoms with Crippen molar-refractivity contribution in [2.45, 2.75) is 44.6 Å². The molecule has 0 radical (unpaired) electrons. The Kier molecular flexibility index (Phi) is 7.40. The minimum Gasteiger partial charge on any atom is -0.444 e. The summed E-state index contributed by atoms with van der Waals surface area (Å²) >= 11 is 0. The number of pyridine rings is 1. The Balaban J connectivity index is 1.26. The van der Waals surface area contributed by atoms with Gasteiger partial charge in [0.1, 0.15) is 6.26 Å². The van der Waals surface area contributed by atoms with Crippen LogP contribution in [0.1, 0.15) is 64.9 Å². The molecular formula is C25H27N3O4. The van der Waals surface area contributed by atoms with Crippen LogP contribution in [0.15, 0.2) is 59.5 Å². The number of oxazole rings is 1. The zero-order valence-corrected chi connectivity index (χ0v) is 18.0. The molecule has 1 aliphatic carbocycles. The number of ether oxygens (including phenoxy) is 1. The predicted molar refractivity (Wildman–Crippen MR) is 119 cm³/mol. The van der Waals surface area contributed by atoms with Crippen molar-refractivity contribution in [1.82, 2.24) is 15.3 Å². The molecule has 1 fully saturated rings. The van der Waals surface area contributed by atoms with Crippen LogP contribution >= 0.6 is 0 Å². The third-order valence-electron chi connectivity index (χ3n) is 5.57. The normalized spacial score (nSPS) is 14.2. The highest BCUT2D eigenvalue weighted by Crippen LogP contribution is 2.21. The van der Waals surface area contributed by atoms with E-state index in [2.05, 4.69) is 15.3 Å². The van der Waals surface area contributed by atoms with E-state index in [-0.39, 0.29) is 17.4 Å². The van der Waals surface area contributed by atoms with E-state index in [4.69, 9.17) is 9.15 Å². The second-order valence-corrected chi connectivity index (χ2v) is 7.93. The summed E-state index contributed by atoms with van der Waals surface area (Å²) in [5, 5.41) is 2.85. The van der Waals surface area contributed by atoms with Gasteiger partial charge in [-0.2, -0.15) is 0 Å². The summed E-state index contributed by atoms with van der Waals surface area (Å²) in [6.45, 7) is 1.18. The maximum Gasteiger partial charge on any atom is 0.273 e. The van der Waals surface area contributed by atoms with Gasteiger partial charge in [-0.15, -0.1) is 0 Å². The quantitative estimate of drug-likeness (QED) is 0.396. The Morgan fingerprint density at radius 1 is 1.06 bits per heavy atom. The number of aromatic nitrogens is 2. The number of amides is 1. The van der Waals surface area contributed by atoms with Crippen LogP contribution in [0.2, 0.25) is 0 Å². The Morgan fingerprint density at radius 3 is 2.62 bits per heavy atom. The minimum atomic E-state index is -0.277. The topological polar surface area (TPSA) is 94.3 Å². The van der Waals surface area contributed by atoms with Crippen molar-refractivity contribution in [3.63, 3.8) is 0 Å². The van der Waals surface area contributed by atoms with Gasteiger partial charge in [-0.25, -0.2) is 4.98 Å². The third kappa shape index (κ3) is 5.68. The van der Waals surface area contributed by atoms with Crippen LogP contribution in [0.4, 0.5) is 0 Å². The number of carbonyl (C=O) groups excluding carboxylic acids is 2. The molecular weight excluding hydrogens is 406 g/mol. The zero-order chi connectivity index (χ0) is 22.2. The van der Waals surface area contributed by atoms with Crippen molar-refractivity contribution in [3.8, 4) is 11.5 Å². The fourth-order valence-electron chi connectivity index (χ4n) is 3.78. The van der Waals surface area contributed by atoms with Crippen LogP contribution in [0.3, 0.4) is 0 Å². The third-order valence-corrected chi connectivity index (χ3v) is 5.57. The lowest BCUT2D eigenvalue weighted by molar-refractivity contribution is 0.0273. The van der Waals surface area contributed by atoms with E-state index in [0.717, 1.165) is 19.3 Å². The molecule has 3 aromatic rings. The van der Waals surface area contributed by atoms with Gasteiger partial charge in [0.15, 0.2) is 11.5 Å². The summed E-state index contributed by atoms with van der Waals surface area (Å²) < 4.78 is 11.3. The Bertz CT molecular complexity index is 1020. The maximum absolute atomic E-state index is 12.5. The molecule has 2 heterocycles. The first-order chi connectivity index (χ1) is 15.7. The van der Waals surface area contributed by atoms with Gasteiger partial charge in [-0.1, -0.05) is 31.4 Å². The van der Waals surface area contributed by atoms with Crippen LogP contribution in [0.5, 0.6) is 0 Å². The van der Waals surface area contributed by atoms with Crippen molar-refractivity contribution < 1.29 is 18.7 Å². The van der Waals surface area contributed by atoms with Crippen molar-refractivity contribution in [3.05, 3.63) is 71.9 Å². The molecule has 1 aromatic carbocycles. The maximum atomic E-state index is 12.5. The summed E-state index contributed by atoms with van der Waals surface area (Å²) in [4.78, 5) is 33.1. The fourth-order valence-corrected chi connectivity index (χ4v) is 3.78. The Hall–Kier alpha value is -3.32. The molecule has 1 saturated carbocycles. The first kappa shape index (κ1) is 21.9. The highest BCUT2D eigenvalue weighted by atomic mass is 16.5. The lowest BCUT2D eigenvalue weighted by Gasteiger charge is -2.21. The van der Waals surface area contributed by atoms with E-state index >= 15 is 0 Å². The smallest absolute Gasteiger partial charge is 0.273 e. The molecule has 166 valence electrons. The average Bonchev–Trinajstić information content (AvgIpc) is 3.35. The molecule has 4 rings (SSSR count). The van der Waals surface area contributed by atoms with Crippen molar-refractivity contribution in [1.29, 1.82) is 0 Å². The number of hydrogen-bond donors (Lipinski definition) is 1. The second-order valence-electron chi connectivity index (χ2n) is 7.93. The number of benzene rings is 1. The van der Waals surface area contributed by atoms with Gasteiger partial charge < -0.3 is 14.5 Å². The molecule has 0 saturated heterocycles. The first-order valence-electron chi connectivity index (χ1n) is 11.1. The number of carbonyl (C=O) groups is 2. The molecule has 1 amide bonds. The molecule has 0 spiro atoms. The molecule has 32 heavy (non-hydrogen) atoms. The van der Waals surface area contributed by atoms with Crippen LogP contribution in [0.25, 0.3) is 11.5 Å². The zero-order valence-electron chi connectivity index (χ0n) is 18.0. The largest absolute Gasteiger partial charge is 0.444 e. The molecule has 0 atom stereocenters. The van der Waals surface area contributed by atoms with E-state index in [1.807, 2.05) is 0 Å². The van der Waals surface area contributed by atoms with Crippen molar-refractivity contribution >= 4 is 11.7 Å². The monoisotopic (exact) mass is 433 g/mol. The van der Waals surface area contributed by atoms with Gasteiger partial charge in [-0.05, 0) is 43.5 Å². The highest BCUT2D eigenvalue weighted by molar-refractivity contribution is 6.08. The van der Waals surface area contributed by atoms with Crippen molar-refractivity contribution in [2.24, 2.45) is 0 Å². The number of ketones is 1. The van der Waals surface area contributed by atoms with E-state index in [1.165, 1.54) is 31.7 Å². The molecule has 0 unspecified atom stereocenters. The van der Waals surface area contributed by atoms with Gasteiger partial charge in [0, 0.05) is 42.2 Å². The first-order valence-corrected chi connectivity index (χ1v) is 11.1. The van der Waals surface area contributed by atoms with Crippen LogP contribution in [-0.2, 0) is 4.74 Å². The lowest BCUT2D eigenvalue weighted by atomic mass is 9.98. The molecule has 1 aliphatic rings. The molecule has 7 nitrogen and oxygen atoms in total. The van der Waals surface area contributed by atoms with Gasteiger partial charge in [-0.3, -0.25) is 14.6 Å². The molecule has 2 aromatic heterocycles. The van der Waals surface area contributed by atoms with Crippen LogP contribution in [0, 0.1) is 0 Å². The van der Waals surface area contributed by atoms with Gasteiger partial charge in [0.25, 0.3) is 5.91 Å². The van der Waals surface area contributed by atoms with Gasteiger partial charge in [0.05, 0.1) is 6.10 Å². The average molecular weight is 434 g/mol. The van der Waals surface area contributed by atoms with Crippen molar-refractivity contribution in [2.75, 3.05) is 13.2 Å². The Morgan fingerprint density at radius 2 is 1.88 bits per heavy atom. The predicted octanol–water partition coefficient (Wildman–Crippen LogP) is 4.44. The van der Waals surface area contributed by atoms with Gasteiger partial charge >= 0.3 is 0 Å². The molecule has 1 N–H and O–H groups in total. The molecule has 7 heteroatoms. The summed E-state index contributed by atoms with van der Waals surface area (Å²) in [5.41, 5.74) is 1.98. The fraction of sp³-hybridized carbons (Fsp3) is 0.360. The van der Waals surface area contributed by atoms with E-state index in [0.29, 0.717) is 41.8 Å². The SMILES string of the molecule is O=C(c1ccc(-c2nc(C(=O)NCCCOC3CCCCC3)co2)cc1)c1cccnc1. The van der Waals surface area contributed by atoms with Gasteiger partial charge in [0.2, 0.25) is 5.89 Å². The van der Waals surface area contributed by atoms with E-state index in [9.17, 15) is 9.59 Å². The van der Waals surface area contributed by atoms with E-state index < -0.39 is 0 Å². The summed E-state index contributed by atoms with van der Waals surface area (Å²) in [5.74, 6) is -0.0539. The highest BCUT2D eigenvalue weighted by Gasteiger charge is 2.15. The van der Waals surface area contributed by atoms with Crippen LogP contribution < -0.4 is 5.32 Å². The van der Waals surface area contributed by atoms with E-state index in [1.54, 1.807) is 42.6 Å². The Labute approximate surface area is 187 Å². The number of nitrogens with zero attached hydrogens (tertiary/aromatic N) is 2. The lowest BCUT2D eigenvalue weighted by Crippen LogP contribution is -2.26. The number of rotatable bonds is 9. The summed E-state index contributed by atoms with van der Waals surface area (Å²) in [7, 11) is 0. The number of nitrogens with one attached hydrogen (secondary N) is 1. The second kappa shape index (κ2) is 10.8. The van der Waals surface area contributed by atoms with Crippen LogP contribution in [-0.4, -0.2) is 40.9 Å². The standard InChI is InChI=1S/C25H27N3O4/c29-23(20-6-4-13-26-16-20)18-9-11-19(12-10-18)25-28-22(17-32-25)24(30)27-14-5-15-31-21-7-2-1-3-8-21/h4,6,9-13,16-17,21H,1-3,5,7-8,14-15H2,(H,27,30). The minimum absolute atomic E-state index is 0.107. The molecule has 0 aliphatic heterocycles. The summed E-state index contributed by atoms with van der Waals surface area (Å²) in [6.07, 6.45) is 11.8. The summed E-state index contributed by atoms with van der Waals surface area (Å²) in [6, 6.07) is 10.4. The molecule has 0 bridgehead atoms.